The van der Waals surface area contributed by atoms with E-state index >= 15 is 0 Å². The first-order valence-corrected chi connectivity index (χ1v) is 5.32. The van der Waals surface area contributed by atoms with Gasteiger partial charge in [0.05, 0.1) is 12.4 Å². The Balaban J connectivity index is 2.32. The first-order chi connectivity index (χ1) is 7.61. The predicted octanol–water partition coefficient (Wildman–Crippen LogP) is 2.62. The summed E-state index contributed by atoms with van der Waals surface area (Å²) >= 11 is 0. The van der Waals surface area contributed by atoms with Crippen LogP contribution in [-0.4, -0.2) is 12.4 Å². The van der Waals surface area contributed by atoms with Crippen LogP contribution < -0.4 is 10.5 Å². The van der Waals surface area contributed by atoms with Crippen molar-refractivity contribution in [2.75, 3.05) is 6.61 Å². The SMILES string of the molecule is Cc1cccc(OCCCCC(=N)N)c1F. The number of hydrogen-bond donors (Lipinski definition) is 2. The summed E-state index contributed by atoms with van der Waals surface area (Å²) in [7, 11) is 0. The lowest BCUT2D eigenvalue weighted by atomic mass is 10.2. The summed E-state index contributed by atoms with van der Waals surface area (Å²) in [6.07, 6.45) is 2.13. The van der Waals surface area contributed by atoms with Crippen molar-refractivity contribution in [3.63, 3.8) is 0 Å². The van der Waals surface area contributed by atoms with Crippen LogP contribution in [0.15, 0.2) is 18.2 Å². The van der Waals surface area contributed by atoms with E-state index in [0.29, 0.717) is 24.3 Å². The summed E-state index contributed by atoms with van der Waals surface area (Å²) < 4.78 is 18.8. The number of unbranched alkanes of at least 4 members (excludes halogenated alkanes) is 1. The van der Waals surface area contributed by atoms with Crippen molar-refractivity contribution in [1.82, 2.24) is 0 Å². The molecule has 4 heteroatoms. The maximum absolute atomic E-state index is 13.5. The summed E-state index contributed by atoms with van der Waals surface area (Å²) in [6, 6.07) is 5.09. The number of aryl methyl sites for hydroxylation is 1. The second-order valence-corrected chi connectivity index (χ2v) is 3.72. The van der Waals surface area contributed by atoms with Crippen molar-refractivity contribution < 1.29 is 9.13 Å². The van der Waals surface area contributed by atoms with Gasteiger partial charge in [0.15, 0.2) is 11.6 Å². The van der Waals surface area contributed by atoms with Crippen molar-refractivity contribution in [2.24, 2.45) is 5.73 Å². The fraction of sp³-hybridized carbons (Fsp3) is 0.417. The van der Waals surface area contributed by atoms with Crippen molar-refractivity contribution in [3.05, 3.63) is 29.6 Å². The van der Waals surface area contributed by atoms with Crippen LogP contribution in [0.25, 0.3) is 0 Å². The minimum Gasteiger partial charge on any atom is -0.491 e. The normalized spacial score (nSPS) is 10.1. The van der Waals surface area contributed by atoms with Crippen molar-refractivity contribution in [2.45, 2.75) is 26.2 Å². The van der Waals surface area contributed by atoms with Crippen LogP contribution in [0.3, 0.4) is 0 Å². The molecule has 3 nitrogen and oxygen atoms in total. The molecular formula is C12H17FN2O. The molecule has 1 aromatic rings. The molecule has 0 heterocycles. The van der Waals surface area contributed by atoms with Gasteiger partial charge in [-0.15, -0.1) is 0 Å². The molecule has 0 spiro atoms. The Labute approximate surface area is 94.9 Å². The molecule has 0 aromatic heterocycles. The molecule has 0 aliphatic heterocycles. The Morgan fingerprint density at radius 2 is 2.19 bits per heavy atom. The Kier molecular flexibility index (Phi) is 4.76. The van der Waals surface area contributed by atoms with E-state index in [1.165, 1.54) is 0 Å². The number of rotatable bonds is 6. The third-order valence-electron chi connectivity index (χ3n) is 2.25. The quantitative estimate of drug-likeness (QED) is 0.443. The van der Waals surface area contributed by atoms with Gasteiger partial charge in [-0.2, -0.15) is 0 Å². The van der Waals surface area contributed by atoms with Crippen LogP contribution in [0, 0.1) is 18.2 Å². The molecule has 88 valence electrons. The van der Waals surface area contributed by atoms with E-state index in [1.807, 2.05) is 0 Å². The standard InChI is InChI=1S/C12H17FN2O/c1-9-5-4-6-10(12(9)13)16-8-3-2-7-11(14)15/h4-6H,2-3,7-8H2,1H3,(H3,14,15). The van der Waals surface area contributed by atoms with Crippen LogP contribution in [-0.2, 0) is 0 Å². The first-order valence-electron chi connectivity index (χ1n) is 5.32. The fourth-order valence-electron chi connectivity index (χ4n) is 1.33. The molecule has 0 atom stereocenters. The van der Waals surface area contributed by atoms with E-state index in [0.717, 1.165) is 12.8 Å². The Morgan fingerprint density at radius 3 is 2.88 bits per heavy atom. The molecule has 0 unspecified atom stereocenters. The molecule has 0 aliphatic rings. The zero-order chi connectivity index (χ0) is 12.0. The second kappa shape index (κ2) is 6.10. The van der Waals surface area contributed by atoms with Gasteiger partial charge < -0.3 is 10.5 Å². The van der Waals surface area contributed by atoms with Crippen LogP contribution in [0.5, 0.6) is 5.75 Å². The van der Waals surface area contributed by atoms with Crippen molar-refractivity contribution in [3.8, 4) is 5.75 Å². The van der Waals surface area contributed by atoms with E-state index < -0.39 is 0 Å². The minimum absolute atomic E-state index is 0.182. The third-order valence-corrected chi connectivity index (χ3v) is 2.25. The van der Waals surface area contributed by atoms with E-state index in [9.17, 15) is 4.39 Å². The van der Waals surface area contributed by atoms with Crippen molar-refractivity contribution in [1.29, 1.82) is 5.41 Å². The van der Waals surface area contributed by atoms with Gasteiger partial charge in [0, 0.05) is 6.42 Å². The molecule has 0 saturated heterocycles. The number of nitrogens with two attached hydrogens (primary N) is 1. The smallest absolute Gasteiger partial charge is 0.167 e. The largest absolute Gasteiger partial charge is 0.491 e. The maximum atomic E-state index is 13.5. The molecule has 0 radical (unpaired) electrons. The lowest BCUT2D eigenvalue weighted by Gasteiger charge is -2.08. The summed E-state index contributed by atoms with van der Waals surface area (Å²) in [5, 5.41) is 7.03. The van der Waals surface area contributed by atoms with Crippen LogP contribution in [0.4, 0.5) is 4.39 Å². The second-order valence-electron chi connectivity index (χ2n) is 3.72. The summed E-state index contributed by atoms with van der Waals surface area (Å²) in [6.45, 7) is 2.16. The van der Waals surface area contributed by atoms with Gasteiger partial charge >= 0.3 is 0 Å². The van der Waals surface area contributed by atoms with Gasteiger partial charge in [0.25, 0.3) is 0 Å². The number of benzene rings is 1. The average molecular weight is 224 g/mol. The Bertz CT molecular complexity index is 366. The molecular weight excluding hydrogens is 207 g/mol. The van der Waals surface area contributed by atoms with E-state index in [-0.39, 0.29) is 11.7 Å². The fourth-order valence-corrected chi connectivity index (χ4v) is 1.33. The molecule has 16 heavy (non-hydrogen) atoms. The van der Waals surface area contributed by atoms with Gasteiger partial charge in [-0.1, -0.05) is 12.1 Å². The highest BCUT2D eigenvalue weighted by Gasteiger charge is 2.04. The third kappa shape index (κ3) is 3.88. The molecule has 0 saturated carbocycles. The average Bonchev–Trinajstić information content (AvgIpc) is 2.23. The molecule has 0 bridgehead atoms. The summed E-state index contributed by atoms with van der Waals surface area (Å²) in [5.74, 6) is 0.179. The van der Waals surface area contributed by atoms with Gasteiger partial charge in [0.1, 0.15) is 0 Å². The highest BCUT2D eigenvalue weighted by atomic mass is 19.1. The molecule has 0 amide bonds. The monoisotopic (exact) mass is 224 g/mol. The lowest BCUT2D eigenvalue weighted by molar-refractivity contribution is 0.292. The first kappa shape index (κ1) is 12.5. The molecule has 0 aliphatic carbocycles. The molecule has 0 fully saturated rings. The summed E-state index contributed by atoms with van der Waals surface area (Å²) in [4.78, 5) is 0. The number of nitrogens with one attached hydrogen (secondary N) is 1. The number of amidine groups is 1. The van der Waals surface area contributed by atoms with Crippen LogP contribution >= 0.6 is 0 Å². The minimum atomic E-state index is -0.297. The molecule has 1 aromatic carbocycles. The molecule has 1 rings (SSSR count). The topological polar surface area (TPSA) is 59.1 Å². The molecule has 3 N–H and O–H groups in total. The van der Waals surface area contributed by atoms with Gasteiger partial charge in [-0.05, 0) is 31.4 Å². The van der Waals surface area contributed by atoms with E-state index in [4.69, 9.17) is 15.9 Å². The van der Waals surface area contributed by atoms with Gasteiger partial charge in [-0.25, -0.2) is 4.39 Å². The zero-order valence-corrected chi connectivity index (χ0v) is 9.42. The van der Waals surface area contributed by atoms with Crippen LogP contribution in [0.1, 0.15) is 24.8 Å². The number of hydrogen-bond acceptors (Lipinski definition) is 2. The number of halogens is 1. The number of ether oxygens (including phenoxy) is 1. The lowest BCUT2D eigenvalue weighted by Crippen LogP contribution is -2.09. The van der Waals surface area contributed by atoms with Crippen molar-refractivity contribution >= 4 is 5.84 Å². The summed E-state index contributed by atoms with van der Waals surface area (Å²) in [5.41, 5.74) is 5.80. The highest BCUT2D eigenvalue weighted by molar-refractivity contribution is 5.76. The highest BCUT2D eigenvalue weighted by Crippen LogP contribution is 2.19. The van der Waals surface area contributed by atoms with E-state index in [1.54, 1.807) is 25.1 Å². The maximum Gasteiger partial charge on any atom is 0.167 e. The Hall–Kier alpha value is -1.58. The Morgan fingerprint density at radius 1 is 1.44 bits per heavy atom. The van der Waals surface area contributed by atoms with Crippen LogP contribution in [0.2, 0.25) is 0 Å². The zero-order valence-electron chi connectivity index (χ0n) is 9.42. The van der Waals surface area contributed by atoms with Gasteiger partial charge in [-0.3, -0.25) is 5.41 Å². The van der Waals surface area contributed by atoms with Gasteiger partial charge in [0.2, 0.25) is 0 Å². The van der Waals surface area contributed by atoms with E-state index in [2.05, 4.69) is 0 Å². The predicted molar refractivity (Wildman–Crippen MR) is 62.4 cm³/mol.